The molecule has 0 amide bonds. The Hall–Kier alpha value is -0.830. The molecule has 3 heteroatoms. The molecule has 0 aliphatic rings. The summed E-state index contributed by atoms with van der Waals surface area (Å²) in [6.07, 6.45) is 0.983. The van der Waals surface area contributed by atoms with Crippen LogP contribution >= 0.6 is 12.6 Å². The molecule has 1 aromatic rings. The number of hydrogen-bond donors (Lipinski definition) is 1. The van der Waals surface area contributed by atoms with Crippen molar-refractivity contribution in [3.8, 4) is 11.5 Å². The Morgan fingerprint density at radius 3 is 2.25 bits per heavy atom. The smallest absolute Gasteiger partial charge is 0.160 e. The van der Waals surface area contributed by atoms with Gasteiger partial charge in [0, 0.05) is 0 Å². The van der Waals surface area contributed by atoms with E-state index >= 15 is 0 Å². The number of hydrogen-bond acceptors (Lipinski definition) is 3. The monoisotopic (exact) mass is 240 g/mol. The molecule has 0 atom stereocenters. The summed E-state index contributed by atoms with van der Waals surface area (Å²) in [7, 11) is 3.31. The SMILES string of the molecule is COc1ccc(CC(C)(C)CS)cc1OC. The van der Waals surface area contributed by atoms with E-state index in [1.54, 1.807) is 14.2 Å². The van der Waals surface area contributed by atoms with E-state index in [1.165, 1.54) is 5.56 Å². The zero-order chi connectivity index (χ0) is 12.2. The number of thiol groups is 1. The fraction of sp³-hybridized carbons (Fsp3) is 0.538. The van der Waals surface area contributed by atoms with Crippen molar-refractivity contribution in [1.29, 1.82) is 0 Å². The van der Waals surface area contributed by atoms with Gasteiger partial charge in [-0.2, -0.15) is 12.6 Å². The maximum absolute atomic E-state index is 5.28. The highest BCUT2D eigenvalue weighted by Crippen LogP contribution is 2.31. The van der Waals surface area contributed by atoms with Crippen molar-refractivity contribution in [3.05, 3.63) is 23.8 Å². The van der Waals surface area contributed by atoms with Gasteiger partial charge in [0.1, 0.15) is 0 Å². The molecule has 0 saturated carbocycles. The highest BCUT2D eigenvalue weighted by molar-refractivity contribution is 7.80. The average molecular weight is 240 g/mol. The van der Waals surface area contributed by atoms with Gasteiger partial charge >= 0.3 is 0 Å². The van der Waals surface area contributed by atoms with E-state index in [4.69, 9.17) is 9.47 Å². The second kappa shape index (κ2) is 5.48. The van der Waals surface area contributed by atoms with Crippen LogP contribution in [0, 0.1) is 5.41 Å². The minimum Gasteiger partial charge on any atom is -0.493 e. The second-order valence-electron chi connectivity index (χ2n) is 4.69. The first-order valence-corrected chi connectivity index (χ1v) is 5.97. The number of methoxy groups -OCH3 is 2. The van der Waals surface area contributed by atoms with E-state index in [9.17, 15) is 0 Å². The predicted molar refractivity (Wildman–Crippen MR) is 70.9 cm³/mol. The molecular formula is C13H20O2S. The molecule has 2 nitrogen and oxygen atoms in total. The van der Waals surface area contributed by atoms with Gasteiger partial charge in [-0.05, 0) is 35.3 Å². The van der Waals surface area contributed by atoms with Crippen LogP contribution in [0.25, 0.3) is 0 Å². The lowest BCUT2D eigenvalue weighted by atomic mass is 9.88. The summed E-state index contributed by atoms with van der Waals surface area (Å²) in [4.78, 5) is 0. The summed E-state index contributed by atoms with van der Waals surface area (Å²) in [6.45, 7) is 4.41. The Balaban J connectivity index is 2.91. The van der Waals surface area contributed by atoms with E-state index in [2.05, 4.69) is 32.5 Å². The van der Waals surface area contributed by atoms with E-state index in [0.717, 1.165) is 23.7 Å². The maximum Gasteiger partial charge on any atom is 0.160 e. The molecule has 0 unspecified atom stereocenters. The number of rotatable bonds is 5. The van der Waals surface area contributed by atoms with Crippen LogP contribution in [0.1, 0.15) is 19.4 Å². The van der Waals surface area contributed by atoms with Crippen LogP contribution in [-0.4, -0.2) is 20.0 Å². The van der Waals surface area contributed by atoms with Crippen LogP contribution in [0.2, 0.25) is 0 Å². The molecule has 0 N–H and O–H groups in total. The summed E-state index contributed by atoms with van der Waals surface area (Å²) in [5.74, 6) is 2.42. The number of benzene rings is 1. The van der Waals surface area contributed by atoms with Gasteiger partial charge < -0.3 is 9.47 Å². The highest BCUT2D eigenvalue weighted by Gasteiger charge is 2.17. The van der Waals surface area contributed by atoms with Gasteiger partial charge in [0.2, 0.25) is 0 Å². The van der Waals surface area contributed by atoms with Gasteiger partial charge in [0.05, 0.1) is 14.2 Å². The third-order valence-electron chi connectivity index (χ3n) is 2.56. The average Bonchev–Trinajstić information content (AvgIpc) is 2.28. The van der Waals surface area contributed by atoms with Crippen molar-refractivity contribution in [2.75, 3.05) is 20.0 Å². The lowest BCUT2D eigenvalue weighted by Gasteiger charge is -2.22. The molecule has 0 saturated heterocycles. The predicted octanol–water partition coefficient (Wildman–Crippen LogP) is 3.20. The molecular weight excluding hydrogens is 220 g/mol. The van der Waals surface area contributed by atoms with Gasteiger partial charge in [0.15, 0.2) is 11.5 Å². The minimum absolute atomic E-state index is 0.197. The molecule has 0 aliphatic carbocycles. The molecule has 0 radical (unpaired) electrons. The lowest BCUT2D eigenvalue weighted by molar-refractivity contribution is 0.353. The summed E-state index contributed by atoms with van der Waals surface area (Å²) in [5, 5.41) is 0. The van der Waals surface area contributed by atoms with Crippen molar-refractivity contribution in [3.63, 3.8) is 0 Å². The van der Waals surface area contributed by atoms with Gasteiger partial charge in [-0.25, -0.2) is 0 Å². The van der Waals surface area contributed by atoms with Crippen molar-refractivity contribution < 1.29 is 9.47 Å². The molecule has 0 aliphatic heterocycles. The Labute approximate surface area is 103 Å². The lowest BCUT2D eigenvalue weighted by Crippen LogP contribution is -2.16. The molecule has 16 heavy (non-hydrogen) atoms. The number of ether oxygens (including phenoxy) is 2. The minimum atomic E-state index is 0.197. The molecule has 0 fully saturated rings. The Bertz CT molecular complexity index is 348. The highest BCUT2D eigenvalue weighted by atomic mass is 32.1. The van der Waals surface area contributed by atoms with Crippen LogP contribution in [0.5, 0.6) is 11.5 Å². The maximum atomic E-state index is 5.28. The topological polar surface area (TPSA) is 18.5 Å². The van der Waals surface area contributed by atoms with Crippen LogP contribution in [0.15, 0.2) is 18.2 Å². The zero-order valence-corrected chi connectivity index (χ0v) is 11.3. The van der Waals surface area contributed by atoms with Crippen molar-refractivity contribution >= 4 is 12.6 Å². The molecule has 0 bridgehead atoms. The first kappa shape index (κ1) is 13.2. The van der Waals surface area contributed by atoms with Crippen LogP contribution in [-0.2, 0) is 6.42 Å². The van der Waals surface area contributed by atoms with Gasteiger partial charge in [0.25, 0.3) is 0 Å². The fourth-order valence-electron chi connectivity index (χ4n) is 1.60. The van der Waals surface area contributed by atoms with Gasteiger partial charge in [-0.1, -0.05) is 19.9 Å². The zero-order valence-electron chi connectivity index (χ0n) is 10.4. The first-order chi connectivity index (χ1) is 7.52. The quantitative estimate of drug-likeness (QED) is 0.797. The van der Waals surface area contributed by atoms with Gasteiger partial charge in [-0.3, -0.25) is 0 Å². The molecule has 1 aromatic carbocycles. The Morgan fingerprint density at radius 1 is 1.12 bits per heavy atom. The molecule has 1 rings (SSSR count). The summed E-state index contributed by atoms with van der Waals surface area (Å²) < 4.78 is 10.5. The van der Waals surface area contributed by atoms with Crippen molar-refractivity contribution in [2.45, 2.75) is 20.3 Å². The van der Waals surface area contributed by atoms with E-state index in [0.29, 0.717) is 0 Å². The Morgan fingerprint density at radius 2 is 1.75 bits per heavy atom. The molecule has 0 aromatic heterocycles. The first-order valence-electron chi connectivity index (χ1n) is 5.34. The summed E-state index contributed by atoms with van der Waals surface area (Å²) >= 11 is 4.36. The third-order valence-corrected chi connectivity index (χ3v) is 3.41. The van der Waals surface area contributed by atoms with Gasteiger partial charge in [-0.15, -0.1) is 0 Å². The largest absolute Gasteiger partial charge is 0.493 e. The van der Waals surface area contributed by atoms with Crippen LogP contribution in [0.4, 0.5) is 0 Å². The van der Waals surface area contributed by atoms with Crippen LogP contribution in [0.3, 0.4) is 0 Å². The standard InChI is InChI=1S/C13H20O2S/c1-13(2,9-16)8-10-5-6-11(14-3)12(7-10)15-4/h5-7,16H,8-9H2,1-4H3. The molecule has 0 heterocycles. The van der Waals surface area contributed by atoms with Crippen LogP contribution < -0.4 is 9.47 Å². The Kier molecular flexibility index (Phi) is 4.54. The molecule has 90 valence electrons. The van der Waals surface area contributed by atoms with E-state index in [1.807, 2.05) is 12.1 Å². The second-order valence-corrected chi connectivity index (χ2v) is 5.00. The van der Waals surface area contributed by atoms with E-state index < -0.39 is 0 Å². The van der Waals surface area contributed by atoms with Crippen molar-refractivity contribution in [1.82, 2.24) is 0 Å². The van der Waals surface area contributed by atoms with E-state index in [-0.39, 0.29) is 5.41 Å². The van der Waals surface area contributed by atoms with Crippen molar-refractivity contribution in [2.24, 2.45) is 5.41 Å². The summed E-state index contributed by atoms with van der Waals surface area (Å²) in [5.41, 5.74) is 1.44. The summed E-state index contributed by atoms with van der Waals surface area (Å²) in [6, 6.07) is 6.05. The fourth-order valence-corrected chi connectivity index (χ4v) is 1.71. The normalized spacial score (nSPS) is 11.3. The third kappa shape index (κ3) is 3.34. The molecule has 0 spiro atoms.